The molecule has 1 atom stereocenters. The van der Waals surface area contributed by atoms with Gasteiger partial charge in [-0.15, -0.1) is 0 Å². The lowest BCUT2D eigenvalue weighted by atomic mass is 9.95. The molecule has 0 radical (unpaired) electrons. The van der Waals surface area contributed by atoms with Crippen LogP contribution in [0.15, 0.2) is 6.33 Å². The van der Waals surface area contributed by atoms with Crippen LogP contribution in [0.25, 0.3) is 0 Å². The molecule has 2 aliphatic heterocycles. The molecule has 1 unspecified atom stereocenters. The van der Waals surface area contributed by atoms with Gasteiger partial charge in [-0.2, -0.15) is 0 Å². The van der Waals surface area contributed by atoms with Gasteiger partial charge in [-0.05, 0) is 25.7 Å². The van der Waals surface area contributed by atoms with E-state index in [0.29, 0.717) is 25.4 Å². The Kier molecular flexibility index (Phi) is 4.95. The van der Waals surface area contributed by atoms with Crippen LogP contribution in [0, 0.1) is 5.92 Å². The quantitative estimate of drug-likeness (QED) is 0.799. The predicted octanol–water partition coefficient (Wildman–Crippen LogP) is 0.444. The van der Waals surface area contributed by atoms with Crippen molar-refractivity contribution in [2.75, 3.05) is 33.4 Å². The fraction of sp³-hybridized carbons (Fsp3) is 0.688. The molecule has 1 N–H and O–H groups in total. The van der Waals surface area contributed by atoms with Gasteiger partial charge >= 0.3 is 0 Å². The fourth-order valence-corrected chi connectivity index (χ4v) is 3.40. The number of carbonyl (C=O) groups is 2. The smallest absolute Gasteiger partial charge is 0.271 e. The molecule has 1 aromatic heterocycles. The second-order valence-corrected chi connectivity index (χ2v) is 6.21. The van der Waals surface area contributed by atoms with E-state index in [1.54, 1.807) is 13.4 Å². The van der Waals surface area contributed by atoms with Gasteiger partial charge in [0.2, 0.25) is 5.91 Å². The van der Waals surface area contributed by atoms with Gasteiger partial charge in [0, 0.05) is 33.3 Å². The van der Waals surface area contributed by atoms with Crippen molar-refractivity contribution in [3.8, 4) is 0 Å². The molecule has 1 aromatic rings. The van der Waals surface area contributed by atoms with Crippen molar-refractivity contribution >= 4 is 11.8 Å². The molecule has 23 heavy (non-hydrogen) atoms. The Balaban J connectivity index is 1.64. The third-order valence-electron chi connectivity index (χ3n) is 4.67. The lowest BCUT2D eigenvalue weighted by Crippen LogP contribution is -2.38. The minimum Gasteiger partial charge on any atom is -0.383 e. The van der Waals surface area contributed by atoms with Gasteiger partial charge in [-0.3, -0.25) is 9.59 Å². The molecule has 2 amide bonds. The van der Waals surface area contributed by atoms with E-state index in [0.717, 1.165) is 44.5 Å². The molecule has 3 rings (SSSR count). The third kappa shape index (κ3) is 3.39. The number of nitrogens with one attached hydrogen (secondary N) is 1. The lowest BCUT2D eigenvalue weighted by Gasteiger charge is -2.27. The fourth-order valence-electron chi connectivity index (χ4n) is 3.40. The number of imidazole rings is 1. The van der Waals surface area contributed by atoms with Gasteiger partial charge in [0.05, 0.1) is 24.5 Å². The minimum absolute atomic E-state index is 0.0132. The summed E-state index contributed by atoms with van der Waals surface area (Å²) in [4.78, 5) is 30.9. The summed E-state index contributed by atoms with van der Waals surface area (Å²) in [5, 5.41) is 2.80. The summed E-state index contributed by atoms with van der Waals surface area (Å²) < 4.78 is 6.89. The first kappa shape index (κ1) is 16.0. The molecule has 3 heterocycles. The number of ether oxygens (including phenoxy) is 1. The monoisotopic (exact) mass is 320 g/mol. The van der Waals surface area contributed by atoms with Crippen LogP contribution in [0.5, 0.6) is 0 Å². The van der Waals surface area contributed by atoms with E-state index in [9.17, 15) is 9.59 Å². The first-order chi connectivity index (χ1) is 11.2. The Morgan fingerprint density at radius 3 is 2.91 bits per heavy atom. The molecule has 126 valence electrons. The highest BCUT2D eigenvalue weighted by Crippen LogP contribution is 2.25. The summed E-state index contributed by atoms with van der Waals surface area (Å²) in [6.07, 6.45) is 5.42. The first-order valence-corrected chi connectivity index (χ1v) is 8.30. The maximum Gasteiger partial charge on any atom is 0.271 e. The highest BCUT2D eigenvalue weighted by Gasteiger charge is 2.31. The van der Waals surface area contributed by atoms with Crippen LogP contribution < -0.4 is 5.32 Å². The number of methoxy groups -OCH3 is 1. The van der Waals surface area contributed by atoms with Crippen LogP contribution in [0.2, 0.25) is 0 Å². The Bertz CT molecular complexity index is 578. The van der Waals surface area contributed by atoms with Gasteiger partial charge < -0.3 is 19.5 Å². The molecule has 1 saturated heterocycles. The van der Waals surface area contributed by atoms with E-state index in [-0.39, 0.29) is 17.7 Å². The number of hydrogen-bond acceptors (Lipinski definition) is 4. The van der Waals surface area contributed by atoms with E-state index in [4.69, 9.17) is 4.74 Å². The second-order valence-electron chi connectivity index (χ2n) is 6.21. The first-order valence-electron chi connectivity index (χ1n) is 8.30. The third-order valence-corrected chi connectivity index (χ3v) is 4.67. The van der Waals surface area contributed by atoms with Gasteiger partial charge in [-0.25, -0.2) is 4.98 Å². The molecule has 1 fully saturated rings. The number of rotatable bonds is 5. The van der Waals surface area contributed by atoms with Crippen molar-refractivity contribution in [2.45, 2.75) is 32.2 Å². The average Bonchev–Trinajstić information content (AvgIpc) is 3.23. The van der Waals surface area contributed by atoms with Crippen molar-refractivity contribution in [3.63, 3.8) is 0 Å². The van der Waals surface area contributed by atoms with Gasteiger partial charge in [0.15, 0.2) is 0 Å². The van der Waals surface area contributed by atoms with Crippen molar-refractivity contribution < 1.29 is 14.3 Å². The van der Waals surface area contributed by atoms with Crippen LogP contribution in [0.3, 0.4) is 0 Å². The van der Waals surface area contributed by atoms with Crippen LogP contribution in [-0.4, -0.2) is 59.6 Å². The van der Waals surface area contributed by atoms with Crippen LogP contribution in [-0.2, 0) is 22.5 Å². The number of fused-ring (bicyclic) bond motifs is 1. The van der Waals surface area contributed by atoms with E-state index in [2.05, 4.69) is 10.3 Å². The minimum atomic E-state index is -0.167. The SMILES string of the molecule is COCCNC(=O)c1ncn2c1CCC(C(=O)N1CCCC1)C2. The molecular weight excluding hydrogens is 296 g/mol. The van der Waals surface area contributed by atoms with Gasteiger partial charge in [0.25, 0.3) is 5.91 Å². The topological polar surface area (TPSA) is 76.5 Å². The molecule has 7 nitrogen and oxygen atoms in total. The molecule has 0 aromatic carbocycles. The van der Waals surface area contributed by atoms with Crippen molar-refractivity contribution in [2.24, 2.45) is 5.92 Å². The molecule has 7 heteroatoms. The van der Waals surface area contributed by atoms with E-state index in [1.165, 1.54) is 0 Å². The summed E-state index contributed by atoms with van der Waals surface area (Å²) in [6, 6.07) is 0. The Morgan fingerprint density at radius 2 is 2.17 bits per heavy atom. The van der Waals surface area contributed by atoms with Crippen LogP contribution in [0.1, 0.15) is 35.4 Å². The summed E-state index contributed by atoms with van der Waals surface area (Å²) in [6.45, 7) is 3.35. The summed E-state index contributed by atoms with van der Waals surface area (Å²) >= 11 is 0. The number of likely N-dealkylation sites (tertiary alicyclic amines) is 1. The summed E-state index contributed by atoms with van der Waals surface area (Å²) in [5.74, 6) is 0.104. The van der Waals surface area contributed by atoms with E-state index < -0.39 is 0 Å². The molecule has 0 saturated carbocycles. The number of carbonyl (C=O) groups excluding carboxylic acids is 2. The molecule has 0 spiro atoms. The number of nitrogens with zero attached hydrogens (tertiary/aromatic N) is 3. The molecule has 0 aliphatic carbocycles. The summed E-state index contributed by atoms with van der Waals surface area (Å²) in [5.41, 5.74) is 1.42. The molecular formula is C16H24N4O3. The highest BCUT2D eigenvalue weighted by atomic mass is 16.5. The van der Waals surface area contributed by atoms with Gasteiger partial charge in [0.1, 0.15) is 5.69 Å². The van der Waals surface area contributed by atoms with Gasteiger partial charge in [-0.1, -0.05) is 0 Å². The highest BCUT2D eigenvalue weighted by molar-refractivity contribution is 5.93. The normalized spacial score (nSPS) is 20.4. The van der Waals surface area contributed by atoms with E-state index in [1.807, 2.05) is 9.47 Å². The van der Waals surface area contributed by atoms with Crippen molar-refractivity contribution in [3.05, 3.63) is 17.7 Å². The Labute approximate surface area is 136 Å². The molecule has 0 bridgehead atoms. The van der Waals surface area contributed by atoms with Crippen LogP contribution >= 0.6 is 0 Å². The number of amides is 2. The van der Waals surface area contributed by atoms with Crippen molar-refractivity contribution in [1.82, 2.24) is 19.8 Å². The maximum absolute atomic E-state index is 12.5. The zero-order valence-electron chi connectivity index (χ0n) is 13.6. The Hall–Kier alpha value is -1.89. The predicted molar refractivity (Wildman–Crippen MR) is 84.1 cm³/mol. The number of hydrogen-bond donors (Lipinski definition) is 1. The zero-order chi connectivity index (χ0) is 16.2. The lowest BCUT2D eigenvalue weighted by molar-refractivity contribution is -0.135. The standard InChI is InChI=1S/C16H24N4O3/c1-23-9-6-17-15(21)14-13-5-4-12(10-20(13)11-18-14)16(22)19-7-2-3-8-19/h11-12H,2-10H2,1H3,(H,17,21). The maximum atomic E-state index is 12.5. The van der Waals surface area contributed by atoms with Crippen LogP contribution in [0.4, 0.5) is 0 Å². The second kappa shape index (κ2) is 7.12. The average molecular weight is 320 g/mol. The zero-order valence-corrected chi connectivity index (χ0v) is 13.6. The Morgan fingerprint density at radius 1 is 1.39 bits per heavy atom. The summed E-state index contributed by atoms with van der Waals surface area (Å²) in [7, 11) is 1.60. The molecule has 2 aliphatic rings. The van der Waals surface area contributed by atoms with E-state index >= 15 is 0 Å². The number of aromatic nitrogens is 2. The largest absolute Gasteiger partial charge is 0.383 e. The van der Waals surface area contributed by atoms with Crippen molar-refractivity contribution in [1.29, 1.82) is 0 Å².